The Morgan fingerprint density at radius 1 is 1.22 bits per heavy atom. The molecule has 2 atom stereocenters. The van der Waals surface area contributed by atoms with Crippen LogP contribution in [0.2, 0.25) is 0 Å². The number of benzene rings is 1. The van der Waals surface area contributed by atoms with Crippen molar-refractivity contribution >= 4 is 17.6 Å². The number of primary amides is 1. The number of nitrogens with zero attached hydrogens (tertiary/aromatic N) is 1. The van der Waals surface area contributed by atoms with E-state index in [1.54, 1.807) is 4.90 Å². The lowest BCUT2D eigenvalue weighted by molar-refractivity contribution is -0.145. The fourth-order valence-corrected chi connectivity index (χ4v) is 6.32. The lowest BCUT2D eigenvalue weighted by Crippen LogP contribution is -2.63. The number of carbonyl (C=O) groups is 2. The summed E-state index contributed by atoms with van der Waals surface area (Å²) < 4.78 is 5.71. The van der Waals surface area contributed by atoms with Crippen LogP contribution in [0.15, 0.2) is 18.2 Å². The molecule has 0 radical (unpaired) electrons. The Balaban J connectivity index is 1.36. The number of hydrogen-bond donors (Lipinski definition) is 2. The molecule has 6 heteroatoms. The van der Waals surface area contributed by atoms with Crippen molar-refractivity contribution in [2.75, 3.05) is 18.1 Å². The van der Waals surface area contributed by atoms with Crippen molar-refractivity contribution in [2.45, 2.75) is 45.1 Å². The molecule has 0 spiro atoms. The second-order valence-corrected chi connectivity index (χ2v) is 9.06. The van der Waals surface area contributed by atoms with E-state index in [1.165, 1.54) is 0 Å². The van der Waals surface area contributed by atoms with E-state index in [0.717, 1.165) is 49.1 Å². The molecule has 4 saturated carbocycles. The molecule has 0 aromatic heterocycles. The number of nitrogens with two attached hydrogens (primary N) is 1. The number of aryl methyl sites for hydroxylation is 1. The van der Waals surface area contributed by atoms with Gasteiger partial charge in [-0.05, 0) is 74.5 Å². The summed E-state index contributed by atoms with van der Waals surface area (Å²) in [5, 5.41) is 3.33. The van der Waals surface area contributed by atoms with Gasteiger partial charge in [-0.3, -0.25) is 9.69 Å². The lowest BCUT2D eigenvalue weighted by Gasteiger charge is -2.58. The van der Waals surface area contributed by atoms with Gasteiger partial charge < -0.3 is 15.8 Å². The molecule has 0 saturated heterocycles. The molecule has 144 valence electrons. The molecule has 6 nitrogen and oxygen atoms in total. The minimum atomic E-state index is -0.319. The second kappa shape index (κ2) is 5.88. The molecular formula is C21H27N3O3. The van der Waals surface area contributed by atoms with Crippen LogP contribution in [0, 0.1) is 30.1 Å². The third-order valence-corrected chi connectivity index (χ3v) is 7.31. The van der Waals surface area contributed by atoms with Gasteiger partial charge in [0.15, 0.2) is 0 Å². The zero-order chi connectivity index (χ0) is 18.8. The Kier molecular flexibility index (Phi) is 3.68. The van der Waals surface area contributed by atoms with E-state index in [-0.39, 0.29) is 23.4 Å². The first kappa shape index (κ1) is 16.9. The first-order chi connectivity index (χ1) is 12.9. The van der Waals surface area contributed by atoms with Crippen LogP contribution in [-0.4, -0.2) is 31.1 Å². The van der Waals surface area contributed by atoms with Crippen LogP contribution < -0.4 is 20.7 Å². The lowest BCUT2D eigenvalue weighted by atomic mass is 9.47. The number of anilines is 1. The highest BCUT2D eigenvalue weighted by Gasteiger charge is 2.58. The highest BCUT2D eigenvalue weighted by Crippen LogP contribution is 2.59. The zero-order valence-electron chi connectivity index (χ0n) is 15.7. The van der Waals surface area contributed by atoms with E-state index >= 15 is 0 Å². The Morgan fingerprint density at radius 2 is 1.96 bits per heavy atom. The predicted molar refractivity (Wildman–Crippen MR) is 102 cm³/mol. The summed E-state index contributed by atoms with van der Waals surface area (Å²) in [5.74, 6) is 1.95. The summed E-state index contributed by atoms with van der Waals surface area (Å²) in [4.78, 5) is 27.1. The predicted octanol–water partition coefficient (Wildman–Crippen LogP) is 2.58. The summed E-state index contributed by atoms with van der Waals surface area (Å²) >= 11 is 0. The van der Waals surface area contributed by atoms with Crippen molar-refractivity contribution < 1.29 is 14.3 Å². The zero-order valence-corrected chi connectivity index (χ0v) is 15.7. The molecule has 3 N–H and O–H groups in total. The molecule has 1 heterocycles. The van der Waals surface area contributed by atoms with E-state index in [9.17, 15) is 9.59 Å². The average Bonchev–Trinajstić information content (AvgIpc) is 2.63. The summed E-state index contributed by atoms with van der Waals surface area (Å²) in [6, 6.07) is 6.05. The van der Waals surface area contributed by atoms with Gasteiger partial charge in [-0.25, -0.2) is 4.79 Å². The molecule has 27 heavy (non-hydrogen) atoms. The standard InChI is InChI=1S/C21H27N3O3/c1-12-2-3-17-16(6-12)24(4-5-27-17)20(26)23-18-14-7-13-8-15(18)11-21(9-13,10-14)19(22)25/h2-3,6,13-15,18H,4-5,7-11H2,1H3,(H2,22,25)(H,23,26)/t13?,14?,15?,18-,21-. The third-order valence-electron chi connectivity index (χ3n) is 7.31. The molecule has 5 aliphatic rings. The number of rotatable bonds is 2. The van der Waals surface area contributed by atoms with Gasteiger partial charge in [0, 0.05) is 11.5 Å². The largest absolute Gasteiger partial charge is 0.490 e. The monoisotopic (exact) mass is 369 g/mol. The number of carbonyl (C=O) groups excluding carboxylic acids is 2. The topological polar surface area (TPSA) is 84.7 Å². The van der Waals surface area contributed by atoms with Crippen LogP contribution in [0.4, 0.5) is 10.5 Å². The number of fused-ring (bicyclic) bond motifs is 1. The van der Waals surface area contributed by atoms with Gasteiger partial charge in [-0.2, -0.15) is 0 Å². The van der Waals surface area contributed by atoms with Crippen molar-refractivity contribution in [2.24, 2.45) is 28.9 Å². The Bertz CT molecular complexity index is 792. The third kappa shape index (κ3) is 2.60. The number of urea groups is 1. The SMILES string of the molecule is Cc1ccc2c(c1)N(C(=O)N[C@H]1C3CC4CC1C[C@](C(N)=O)(C4)C3)CCO2. The second-order valence-electron chi connectivity index (χ2n) is 9.06. The van der Waals surface area contributed by atoms with Gasteiger partial charge in [0.25, 0.3) is 0 Å². The summed E-state index contributed by atoms with van der Waals surface area (Å²) in [6.07, 6.45) is 4.83. The van der Waals surface area contributed by atoms with Crippen molar-refractivity contribution in [1.82, 2.24) is 5.32 Å². The van der Waals surface area contributed by atoms with Crippen molar-refractivity contribution in [3.63, 3.8) is 0 Å². The Hall–Kier alpha value is -2.24. The van der Waals surface area contributed by atoms with E-state index in [4.69, 9.17) is 10.5 Å². The highest BCUT2D eigenvalue weighted by molar-refractivity contribution is 5.94. The van der Waals surface area contributed by atoms with Crippen molar-refractivity contribution in [3.05, 3.63) is 23.8 Å². The van der Waals surface area contributed by atoms with E-state index in [2.05, 4.69) is 5.32 Å². The summed E-state index contributed by atoms with van der Waals surface area (Å²) in [5.41, 5.74) is 7.41. The van der Waals surface area contributed by atoms with Gasteiger partial charge >= 0.3 is 6.03 Å². The first-order valence-corrected chi connectivity index (χ1v) is 10.1. The minimum Gasteiger partial charge on any atom is -0.490 e. The normalized spacial score (nSPS) is 36.1. The van der Waals surface area contributed by atoms with Crippen LogP contribution in [0.25, 0.3) is 0 Å². The van der Waals surface area contributed by atoms with Gasteiger partial charge in [0.1, 0.15) is 12.4 Å². The van der Waals surface area contributed by atoms with Crippen LogP contribution in [-0.2, 0) is 4.79 Å². The maximum atomic E-state index is 13.1. The quantitative estimate of drug-likeness (QED) is 0.840. The minimum absolute atomic E-state index is 0.0456. The van der Waals surface area contributed by atoms with Crippen molar-refractivity contribution in [1.29, 1.82) is 0 Å². The Morgan fingerprint density at radius 3 is 2.67 bits per heavy atom. The van der Waals surface area contributed by atoms with Gasteiger partial charge in [-0.1, -0.05) is 6.07 Å². The van der Waals surface area contributed by atoms with Crippen molar-refractivity contribution in [3.8, 4) is 5.75 Å². The van der Waals surface area contributed by atoms with Gasteiger partial charge in [0.2, 0.25) is 5.91 Å². The fourth-order valence-electron chi connectivity index (χ4n) is 6.32. The molecule has 2 unspecified atom stereocenters. The molecule has 4 fully saturated rings. The van der Waals surface area contributed by atoms with E-state index in [0.29, 0.717) is 30.9 Å². The Labute approximate surface area is 159 Å². The maximum Gasteiger partial charge on any atom is 0.322 e. The smallest absolute Gasteiger partial charge is 0.322 e. The van der Waals surface area contributed by atoms with Crippen LogP contribution in [0.5, 0.6) is 5.75 Å². The van der Waals surface area contributed by atoms with Crippen LogP contribution in [0.3, 0.4) is 0 Å². The summed E-state index contributed by atoms with van der Waals surface area (Å²) in [7, 11) is 0. The van der Waals surface area contributed by atoms with Gasteiger partial charge in [0.05, 0.1) is 12.2 Å². The number of amides is 3. The number of nitrogens with one attached hydrogen (secondary N) is 1. The molecule has 1 aromatic rings. The van der Waals surface area contributed by atoms with Gasteiger partial charge in [-0.15, -0.1) is 0 Å². The molecular weight excluding hydrogens is 342 g/mol. The molecule has 4 aliphatic carbocycles. The number of hydrogen-bond acceptors (Lipinski definition) is 3. The van der Waals surface area contributed by atoms with Crippen LogP contribution >= 0.6 is 0 Å². The number of ether oxygens (including phenoxy) is 1. The molecule has 4 bridgehead atoms. The molecule has 1 aliphatic heterocycles. The summed E-state index contributed by atoms with van der Waals surface area (Å²) in [6.45, 7) is 3.08. The maximum absolute atomic E-state index is 13.1. The average molecular weight is 369 g/mol. The van der Waals surface area contributed by atoms with E-state index < -0.39 is 0 Å². The van der Waals surface area contributed by atoms with E-state index in [1.807, 2.05) is 25.1 Å². The molecule has 6 rings (SSSR count). The fraction of sp³-hybridized carbons (Fsp3) is 0.619. The van der Waals surface area contributed by atoms with Crippen LogP contribution in [0.1, 0.15) is 37.7 Å². The molecule has 3 amide bonds. The molecule has 1 aromatic carbocycles. The first-order valence-electron chi connectivity index (χ1n) is 10.1. The highest BCUT2D eigenvalue weighted by atomic mass is 16.5.